The van der Waals surface area contributed by atoms with Gasteiger partial charge in [0.15, 0.2) is 5.82 Å². The van der Waals surface area contributed by atoms with E-state index < -0.39 is 23.5 Å². The molecule has 0 bridgehead atoms. The zero-order valence-electron chi connectivity index (χ0n) is 24.2. The number of aromatic nitrogens is 4. The largest absolute Gasteiger partial charge is 0.464 e. The maximum Gasteiger partial charge on any atom is 0.410 e. The summed E-state index contributed by atoms with van der Waals surface area (Å²) in [5.41, 5.74) is 2.69. The number of hydrogen-bond acceptors (Lipinski definition) is 9. The van der Waals surface area contributed by atoms with Crippen LogP contribution in [0, 0.1) is 5.82 Å². The van der Waals surface area contributed by atoms with Crippen molar-refractivity contribution in [1.29, 1.82) is 0 Å². The Balaban J connectivity index is 1.56. The highest BCUT2D eigenvalue weighted by atomic mass is 35.5. The zero-order valence-corrected chi connectivity index (χ0v) is 25.0. The van der Waals surface area contributed by atoms with Crippen molar-refractivity contribution in [3.63, 3.8) is 0 Å². The van der Waals surface area contributed by atoms with Crippen molar-refractivity contribution in [3.8, 4) is 11.4 Å². The summed E-state index contributed by atoms with van der Waals surface area (Å²) in [5.74, 6) is -1.18. The van der Waals surface area contributed by atoms with Crippen LogP contribution < -0.4 is 5.32 Å². The summed E-state index contributed by atoms with van der Waals surface area (Å²) >= 11 is 6.13. The second kappa shape index (κ2) is 12.7. The van der Waals surface area contributed by atoms with Gasteiger partial charge in [-0.2, -0.15) is 5.10 Å². The molecule has 1 aromatic carbocycles. The van der Waals surface area contributed by atoms with Gasteiger partial charge < -0.3 is 24.4 Å². The number of aryl methyl sites for hydroxylation is 1. The van der Waals surface area contributed by atoms with Crippen molar-refractivity contribution in [2.24, 2.45) is 7.05 Å². The summed E-state index contributed by atoms with van der Waals surface area (Å²) in [6.45, 7) is 5.90. The smallest absolute Gasteiger partial charge is 0.410 e. The molecule has 0 atom stereocenters. The number of methoxy groups -OCH3 is 1. The Bertz CT molecular complexity index is 1620. The first-order valence-electron chi connectivity index (χ1n) is 13.0. The van der Waals surface area contributed by atoms with Gasteiger partial charge in [-0.3, -0.25) is 9.67 Å². The highest BCUT2D eigenvalue weighted by Crippen LogP contribution is 2.33. The Kier molecular flexibility index (Phi) is 9.27. The molecule has 0 aliphatic heterocycles. The van der Waals surface area contributed by atoms with Gasteiger partial charge >= 0.3 is 12.1 Å². The first-order chi connectivity index (χ1) is 19.9. The van der Waals surface area contributed by atoms with Gasteiger partial charge in [0, 0.05) is 38.5 Å². The number of rotatable bonds is 9. The molecule has 0 radical (unpaired) electrons. The molecule has 1 amide bonds. The average Bonchev–Trinajstić information content (AvgIpc) is 3.34. The average molecular weight is 599 g/mol. The summed E-state index contributed by atoms with van der Waals surface area (Å²) in [5, 5.41) is 7.43. The Labute approximate surface area is 247 Å². The topological polar surface area (TPSA) is 121 Å². The Morgan fingerprint density at radius 1 is 1.14 bits per heavy atom. The molecule has 42 heavy (non-hydrogen) atoms. The van der Waals surface area contributed by atoms with Crippen molar-refractivity contribution in [2.45, 2.75) is 33.0 Å². The van der Waals surface area contributed by atoms with Gasteiger partial charge in [0.05, 0.1) is 47.9 Å². The van der Waals surface area contributed by atoms with Crippen LogP contribution >= 0.6 is 11.6 Å². The van der Waals surface area contributed by atoms with E-state index in [9.17, 15) is 9.59 Å². The Morgan fingerprint density at radius 2 is 1.90 bits per heavy atom. The molecular formula is C29H32ClFN6O5. The van der Waals surface area contributed by atoms with Crippen molar-refractivity contribution in [3.05, 3.63) is 64.7 Å². The number of halogens is 2. The lowest BCUT2D eigenvalue weighted by atomic mass is 10.1. The van der Waals surface area contributed by atoms with Gasteiger partial charge in [-0.1, -0.05) is 17.7 Å². The number of anilines is 2. The molecule has 0 aliphatic rings. The Hall–Kier alpha value is -4.29. The number of likely N-dealkylation sites (N-methyl/N-ethyl adjacent to an activating group) is 1. The number of esters is 1. The predicted molar refractivity (Wildman–Crippen MR) is 156 cm³/mol. The van der Waals surface area contributed by atoms with Crippen molar-refractivity contribution >= 4 is 46.1 Å². The number of carbonyl (C=O) groups is 2. The van der Waals surface area contributed by atoms with Crippen LogP contribution in [0.1, 0.15) is 36.8 Å². The van der Waals surface area contributed by atoms with Crippen LogP contribution in [0.4, 0.5) is 20.6 Å². The third kappa shape index (κ3) is 7.12. The summed E-state index contributed by atoms with van der Waals surface area (Å²) in [7, 11) is 4.54. The molecule has 11 nitrogen and oxygen atoms in total. The van der Waals surface area contributed by atoms with Gasteiger partial charge in [0.1, 0.15) is 22.5 Å². The minimum atomic E-state index is -0.655. The predicted octanol–water partition coefficient (Wildman–Crippen LogP) is 5.74. The summed E-state index contributed by atoms with van der Waals surface area (Å²) in [4.78, 5) is 34.7. The molecule has 1 N–H and O–H groups in total. The fourth-order valence-electron chi connectivity index (χ4n) is 3.95. The van der Waals surface area contributed by atoms with Gasteiger partial charge in [0.2, 0.25) is 0 Å². The van der Waals surface area contributed by atoms with Crippen LogP contribution in [0.2, 0.25) is 5.02 Å². The second-order valence-corrected chi connectivity index (χ2v) is 10.8. The van der Waals surface area contributed by atoms with Crippen LogP contribution in [0.15, 0.2) is 42.6 Å². The van der Waals surface area contributed by atoms with Gasteiger partial charge in [-0.25, -0.2) is 19.0 Å². The SMILES string of the molecule is COC(=O)c1cc(-c2ccc3nccc(Nc4c(COCCN(C)C(=O)OC(C)(C)C)ccc(Cl)c4F)c3n2)nn1C. The van der Waals surface area contributed by atoms with Gasteiger partial charge in [0.25, 0.3) is 0 Å². The van der Waals surface area contributed by atoms with Crippen LogP contribution in [0.5, 0.6) is 0 Å². The van der Waals surface area contributed by atoms with Crippen LogP contribution in [0.3, 0.4) is 0 Å². The van der Waals surface area contributed by atoms with Crippen molar-refractivity contribution in [1.82, 2.24) is 24.6 Å². The van der Waals surface area contributed by atoms with Gasteiger partial charge in [-0.05, 0) is 45.0 Å². The van der Waals surface area contributed by atoms with Crippen LogP contribution in [0.25, 0.3) is 22.4 Å². The van der Waals surface area contributed by atoms with E-state index in [4.69, 9.17) is 30.8 Å². The highest BCUT2D eigenvalue weighted by molar-refractivity contribution is 6.31. The lowest BCUT2D eigenvalue weighted by Crippen LogP contribution is -2.36. The van der Waals surface area contributed by atoms with Crippen LogP contribution in [-0.2, 0) is 27.9 Å². The van der Waals surface area contributed by atoms with E-state index in [0.717, 1.165) is 0 Å². The Morgan fingerprint density at radius 3 is 2.62 bits per heavy atom. The number of hydrogen-bond donors (Lipinski definition) is 1. The molecule has 0 fully saturated rings. The van der Waals surface area contributed by atoms with Crippen molar-refractivity contribution < 1.29 is 28.2 Å². The lowest BCUT2D eigenvalue weighted by molar-refractivity contribution is 0.0221. The van der Waals surface area contributed by atoms with Crippen molar-refractivity contribution in [2.75, 3.05) is 32.6 Å². The number of carbonyl (C=O) groups excluding carboxylic acids is 2. The second-order valence-electron chi connectivity index (χ2n) is 10.4. The number of nitrogens with zero attached hydrogens (tertiary/aromatic N) is 5. The molecule has 222 valence electrons. The molecule has 0 spiro atoms. The maximum atomic E-state index is 15.3. The monoisotopic (exact) mass is 598 g/mol. The first-order valence-corrected chi connectivity index (χ1v) is 13.4. The van der Waals surface area contributed by atoms with E-state index >= 15 is 4.39 Å². The standard InChI is InChI=1S/C29H32ClFN6O5/c1-29(2,3)42-28(39)36(4)13-14-41-16-17-7-8-18(30)24(31)25(17)34-21-11-12-32-20-10-9-19(33-26(20)21)22-15-23(27(38)40-6)37(5)35-22/h7-12,15H,13-14,16H2,1-6H3,(H,32,34). The maximum absolute atomic E-state index is 15.3. The third-order valence-corrected chi connectivity index (χ3v) is 6.39. The first kappa shape index (κ1) is 30.7. The molecule has 0 saturated carbocycles. The van der Waals surface area contributed by atoms with E-state index in [0.29, 0.717) is 33.7 Å². The summed E-state index contributed by atoms with van der Waals surface area (Å²) < 4.78 is 32.7. The minimum absolute atomic E-state index is 0.0461. The lowest BCUT2D eigenvalue weighted by Gasteiger charge is -2.24. The van der Waals surface area contributed by atoms with Gasteiger partial charge in [-0.15, -0.1) is 0 Å². The quantitative estimate of drug-likeness (QED) is 0.190. The number of fused-ring (bicyclic) bond motifs is 1. The molecule has 0 unspecified atom stereocenters. The number of benzene rings is 1. The summed E-state index contributed by atoms with van der Waals surface area (Å²) in [6.07, 6.45) is 1.11. The minimum Gasteiger partial charge on any atom is -0.464 e. The fourth-order valence-corrected chi connectivity index (χ4v) is 4.11. The van der Waals surface area contributed by atoms with E-state index in [1.165, 1.54) is 22.8 Å². The molecule has 0 aliphatic carbocycles. The third-order valence-electron chi connectivity index (χ3n) is 6.10. The normalized spacial score (nSPS) is 11.4. The number of pyridine rings is 2. The van der Waals surface area contributed by atoms with E-state index in [-0.39, 0.29) is 36.2 Å². The highest BCUT2D eigenvalue weighted by Gasteiger charge is 2.20. The fraction of sp³-hybridized carbons (Fsp3) is 0.345. The molecule has 4 aromatic rings. The van der Waals surface area contributed by atoms with E-state index in [1.54, 1.807) is 71.4 Å². The zero-order chi connectivity index (χ0) is 30.6. The number of nitrogens with one attached hydrogen (secondary N) is 1. The van der Waals surface area contributed by atoms with E-state index in [1.807, 2.05) is 0 Å². The van der Waals surface area contributed by atoms with Crippen LogP contribution in [-0.4, -0.2) is 69.6 Å². The van der Waals surface area contributed by atoms with E-state index in [2.05, 4.69) is 15.4 Å². The molecule has 3 aromatic heterocycles. The molecule has 4 rings (SSSR count). The molecule has 13 heteroatoms. The molecule has 3 heterocycles. The number of ether oxygens (including phenoxy) is 3. The summed E-state index contributed by atoms with van der Waals surface area (Å²) in [6, 6.07) is 9.85. The molecular weight excluding hydrogens is 567 g/mol. The molecule has 0 saturated heterocycles. The number of amides is 1.